The van der Waals surface area contributed by atoms with Gasteiger partial charge in [-0.15, -0.1) is 11.3 Å². The van der Waals surface area contributed by atoms with Crippen LogP contribution in [0.1, 0.15) is 12.6 Å². The van der Waals surface area contributed by atoms with Gasteiger partial charge >= 0.3 is 0 Å². The number of benzene rings is 1. The van der Waals surface area contributed by atoms with Gasteiger partial charge in [0, 0.05) is 55.3 Å². The van der Waals surface area contributed by atoms with Gasteiger partial charge in [0.15, 0.2) is 0 Å². The molecule has 6 nitrogen and oxygen atoms in total. The zero-order valence-corrected chi connectivity index (χ0v) is 13.2. The van der Waals surface area contributed by atoms with Gasteiger partial charge in [-0.3, -0.25) is 15.0 Å². The quantitative estimate of drug-likeness (QED) is 0.693. The Hall–Kier alpha value is -1.83. The third kappa shape index (κ3) is 3.49. The first-order valence-corrected chi connectivity index (χ1v) is 8.15. The summed E-state index contributed by atoms with van der Waals surface area (Å²) in [6, 6.07) is 7.15. The summed E-state index contributed by atoms with van der Waals surface area (Å²) in [6.07, 6.45) is 0. The van der Waals surface area contributed by atoms with Gasteiger partial charge < -0.3 is 5.32 Å². The lowest BCUT2D eigenvalue weighted by Gasteiger charge is -2.31. The Morgan fingerprint density at radius 1 is 1.55 bits per heavy atom. The lowest BCUT2D eigenvalue weighted by atomic mass is 10.2. The minimum atomic E-state index is -0.375. The van der Waals surface area contributed by atoms with Crippen molar-refractivity contribution in [2.24, 2.45) is 0 Å². The number of hydrogen-bond donors (Lipinski definition) is 1. The van der Waals surface area contributed by atoms with Crippen molar-refractivity contribution < 1.29 is 4.92 Å². The van der Waals surface area contributed by atoms with Crippen molar-refractivity contribution in [1.82, 2.24) is 15.2 Å². The summed E-state index contributed by atoms with van der Waals surface area (Å²) in [6.45, 7) is 6.06. The van der Waals surface area contributed by atoms with Gasteiger partial charge in [0.1, 0.15) is 5.01 Å². The highest BCUT2D eigenvalue weighted by molar-refractivity contribution is 7.13. The first-order valence-electron chi connectivity index (χ1n) is 7.27. The third-order valence-electron chi connectivity index (χ3n) is 3.69. The monoisotopic (exact) mass is 318 g/mol. The van der Waals surface area contributed by atoms with Crippen molar-refractivity contribution in [1.29, 1.82) is 0 Å². The predicted octanol–water partition coefficient (Wildman–Crippen LogP) is 2.51. The van der Waals surface area contributed by atoms with Crippen LogP contribution in [0.25, 0.3) is 10.6 Å². The number of rotatable bonds is 4. The molecule has 1 N–H and O–H groups in total. The predicted molar refractivity (Wildman–Crippen MR) is 86.9 cm³/mol. The molecule has 1 aliphatic rings. The van der Waals surface area contributed by atoms with Crippen LogP contribution < -0.4 is 5.32 Å². The van der Waals surface area contributed by atoms with Crippen LogP contribution in [0.3, 0.4) is 0 Å². The van der Waals surface area contributed by atoms with Crippen LogP contribution in [-0.4, -0.2) is 40.5 Å². The van der Waals surface area contributed by atoms with E-state index in [0.717, 1.165) is 42.4 Å². The Morgan fingerprint density at radius 2 is 2.41 bits per heavy atom. The number of nitrogens with zero attached hydrogens (tertiary/aromatic N) is 3. The molecule has 1 aromatic carbocycles. The van der Waals surface area contributed by atoms with Crippen LogP contribution in [0.15, 0.2) is 29.6 Å². The van der Waals surface area contributed by atoms with E-state index in [1.807, 2.05) is 11.4 Å². The summed E-state index contributed by atoms with van der Waals surface area (Å²) in [7, 11) is 0. The van der Waals surface area contributed by atoms with Crippen LogP contribution >= 0.6 is 11.3 Å². The zero-order valence-electron chi connectivity index (χ0n) is 12.4. The van der Waals surface area contributed by atoms with Crippen molar-refractivity contribution in [2.45, 2.75) is 19.5 Å². The smallest absolute Gasteiger partial charge is 0.270 e. The molecule has 1 atom stereocenters. The van der Waals surface area contributed by atoms with Crippen LogP contribution in [-0.2, 0) is 6.54 Å². The van der Waals surface area contributed by atoms with E-state index in [1.165, 1.54) is 17.4 Å². The minimum absolute atomic E-state index is 0.102. The maximum absolute atomic E-state index is 10.9. The summed E-state index contributed by atoms with van der Waals surface area (Å²) in [4.78, 5) is 17.5. The molecule has 0 unspecified atom stereocenters. The van der Waals surface area contributed by atoms with Crippen molar-refractivity contribution in [3.8, 4) is 10.6 Å². The topological polar surface area (TPSA) is 71.3 Å². The van der Waals surface area contributed by atoms with Gasteiger partial charge in [0.25, 0.3) is 5.69 Å². The summed E-state index contributed by atoms with van der Waals surface area (Å²) in [5.41, 5.74) is 1.94. The molecule has 1 saturated heterocycles. The Kier molecular flexibility index (Phi) is 4.47. The molecule has 0 amide bonds. The average Bonchev–Trinajstić information content (AvgIpc) is 2.96. The SMILES string of the molecule is C[C@@H]1CN(Cc2csc(-c3cccc([N+](=O)[O-])c3)n2)CCN1. The van der Waals surface area contributed by atoms with Gasteiger partial charge in [-0.2, -0.15) is 0 Å². The highest BCUT2D eigenvalue weighted by Gasteiger charge is 2.17. The summed E-state index contributed by atoms with van der Waals surface area (Å²) < 4.78 is 0. The van der Waals surface area contributed by atoms with Crippen LogP contribution in [0.2, 0.25) is 0 Å². The number of nitrogens with one attached hydrogen (secondary N) is 1. The molecule has 0 aliphatic carbocycles. The molecule has 0 radical (unpaired) electrons. The fraction of sp³-hybridized carbons (Fsp3) is 0.400. The Bertz CT molecular complexity index is 673. The first-order chi connectivity index (χ1) is 10.6. The molecule has 2 heterocycles. The second-order valence-electron chi connectivity index (χ2n) is 5.54. The molecule has 3 rings (SSSR count). The molecular weight excluding hydrogens is 300 g/mol. The molecule has 116 valence electrons. The van der Waals surface area contributed by atoms with Gasteiger partial charge in [0.05, 0.1) is 10.6 Å². The van der Waals surface area contributed by atoms with Gasteiger partial charge in [-0.05, 0) is 6.92 Å². The van der Waals surface area contributed by atoms with Gasteiger partial charge in [-0.1, -0.05) is 12.1 Å². The van der Waals surface area contributed by atoms with Crippen molar-refractivity contribution in [3.05, 3.63) is 45.5 Å². The van der Waals surface area contributed by atoms with E-state index in [4.69, 9.17) is 0 Å². The van der Waals surface area contributed by atoms with Crippen molar-refractivity contribution >= 4 is 17.0 Å². The summed E-state index contributed by atoms with van der Waals surface area (Å²) in [5, 5.41) is 17.2. The lowest BCUT2D eigenvalue weighted by molar-refractivity contribution is -0.384. The Morgan fingerprint density at radius 3 is 3.18 bits per heavy atom. The van der Waals surface area contributed by atoms with E-state index in [1.54, 1.807) is 12.1 Å². The van der Waals surface area contributed by atoms with E-state index in [2.05, 4.69) is 22.1 Å². The molecule has 22 heavy (non-hydrogen) atoms. The number of hydrogen-bond acceptors (Lipinski definition) is 6. The largest absolute Gasteiger partial charge is 0.312 e. The molecule has 0 saturated carbocycles. The standard InChI is InChI=1S/C15H18N4O2S/c1-11-8-18(6-5-16-11)9-13-10-22-15(17-13)12-3-2-4-14(7-12)19(20)21/h2-4,7,10-11,16H,5-6,8-9H2,1H3/t11-/m1/s1. The van der Waals surface area contributed by atoms with E-state index in [0.29, 0.717) is 6.04 Å². The highest BCUT2D eigenvalue weighted by Crippen LogP contribution is 2.27. The van der Waals surface area contributed by atoms with Gasteiger partial charge in [0.2, 0.25) is 0 Å². The van der Waals surface area contributed by atoms with E-state index in [9.17, 15) is 10.1 Å². The van der Waals surface area contributed by atoms with E-state index < -0.39 is 0 Å². The molecule has 0 spiro atoms. The zero-order chi connectivity index (χ0) is 15.5. The maximum Gasteiger partial charge on any atom is 0.270 e. The number of nitro benzene ring substituents is 1. The third-order valence-corrected chi connectivity index (χ3v) is 4.63. The van der Waals surface area contributed by atoms with Crippen LogP contribution in [0.4, 0.5) is 5.69 Å². The minimum Gasteiger partial charge on any atom is -0.312 e. The highest BCUT2D eigenvalue weighted by atomic mass is 32.1. The molecular formula is C15H18N4O2S. The fourth-order valence-electron chi connectivity index (χ4n) is 2.65. The van der Waals surface area contributed by atoms with E-state index in [-0.39, 0.29) is 10.6 Å². The molecule has 1 aliphatic heterocycles. The fourth-order valence-corrected chi connectivity index (χ4v) is 3.46. The Labute approximate surface area is 132 Å². The number of piperazine rings is 1. The van der Waals surface area contributed by atoms with E-state index >= 15 is 0 Å². The average molecular weight is 318 g/mol. The Balaban J connectivity index is 1.73. The second kappa shape index (κ2) is 6.51. The number of aromatic nitrogens is 1. The molecule has 1 fully saturated rings. The normalized spacial score (nSPS) is 19.2. The van der Waals surface area contributed by atoms with Crippen molar-refractivity contribution in [2.75, 3.05) is 19.6 Å². The molecule has 0 bridgehead atoms. The summed E-state index contributed by atoms with van der Waals surface area (Å²) in [5.74, 6) is 0. The number of non-ortho nitro benzene ring substituents is 1. The molecule has 1 aromatic heterocycles. The molecule has 7 heteroatoms. The maximum atomic E-state index is 10.9. The second-order valence-corrected chi connectivity index (χ2v) is 6.40. The van der Waals surface area contributed by atoms with Gasteiger partial charge in [-0.25, -0.2) is 4.98 Å². The molecule has 2 aromatic rings. The lowest BCUT2D eigenvalue weighted by Crippen LogP contribution is -2.48. The number of thiazole rings is 1. The first kappa shape index (κ1) is 15.1. The van der Waals surface area contributed by atoms with Crippen molar-refractivity contribution in [3.63, 3.8) is 0 Å². The summed E-state index contributed by atoms with van der Waals surface area (Å²) >= 11 is 1.54. The van der Waals surface area contributed by atoms with Crippen LogP contribution in [0.5, 0.6) is 0 Å². The van der Waals surface area contributed by atoms with Crippen LogP contribution in [0, 0.1) is 10.1 Å². The number of nitro groups is 1.